The molecule has 13 heteroatoms. The molecule has 4 aliphatic carbocycles. The second kappa shape index (κ2) is 17.3. The van der Waals surface area contributed by atoms with E-state index in [1.165, 1.54) is 15.9 Å². The zero-order valence-corrected chi connectivity index (χ0v) is 47.7. The molecule has 0 radical (unpaired) electrons. The van der Waals surface area contributed by atoms with Crippen molar-refractivity contribution in [1.29, 1.82) is 0 Å². The van der Waals surface area contributed by atoms with E-state index in [-0.39, 0.29) is 45.3 Å². The van der Waals surface area contributed by atoms with Crippen LogP contribution in [0.4, 0.5) is 0 Å². The van der Waals surface area contributed by atoms with Crippen molar-refractivity contribution in [3.8, 4) is 0 Å². The van der Waals surface area contributed by atoms with Crippen LogP contribution in [-0.4, -0.2) is 91.7 Å². The monoisotopic (exact) mass is 987 g/mol. The first-order valence-corrected chi connectivity index (χ1v) is 33.9. The first-order valence-electron chi connectivity index (χ1n) is 25.7. The minimum Gasteiger partial charge on any atom is -0.462 e. The lowest BCUT2D eigenvalue weighted by Crippen LogP contribution is -2.68. The zero-order valence-electron chi connectivity index (χ0n) is 44.7. The summed E-state index contributed by atoms with van der Waals surface area (Å²) in [5.41, 5.74) is 6.64. The number of hydrogen-bond acceptors (Lipinski definition) is 10. The van der Waals surface area contributed by atoms with Gasteiger partial charge < -0.3 is 38.1 Å². The Kier molecular flexibility index (Phi) is 13.2. The highest BCUT2D eigenvalue weighted by atomic mass is 28.4. The van der Waals surface area contributed by atoms with Gasteiger partial charge in [0.2, 0.25) is 0 Å². The molecule has 3 saturated carbocycles. The lowest BCUT2D eigenvalue weighted by molar-refractivity contribution is -0.277. The molecule has 68 heavy (non-hydrogen) atoms. The number of ether oxygens (including phenoxy) is 3. The summed E-state index contributed by atoms with van der Waals surface area (Å²) in [6.07, 6.45) is 6.05. The van der Waals surface area contributed by atoms with E-state index in [4.69, 9.17) is 38.1 Å². The van der Waals surface area contributed by atoms with E-state index in [1.807, 2.05) is 0 Å². The van der Waals surface area contributed by atoms with Gasteiger partial charge >= 0.3 is 5.97 Å². The minimum absolute atomic E-state index is 0.0759. The highest BCUT2D eigenvalue weighted by Crippen LogP contribution is 2.73. The molecule has 0 amide bonds. The summed E-state index contributed by atoms with van der Waals surface area (Å²) < 4.78 is 45.8. The Morgan fingerprint density at radius 1 is 0.868 bits per heavy atom. The number of hydrogen-bond donors (Lipinski definition) is 1. The molecule has 2 aromatic rings. The SMILES string of the molecule is CO/N=C1\C[C@@H]2CC[C@H]3C4=C[C@@H]5O[C@]6(O[C@](C)(CO[Si](c7ccccc7)(c7ccccc7)C(C)(C)C)C[C@H]6O[Si](C)(C)C(C)(C)C)[C@@H](C)[C@]5(O[Si](C)(C)C)[C@@]4(C)[C@H](OC(C)=O)C[C@@H]3[C@@]2(C)C[C@H]1N. The fourth-order valence-electron chi connectivity index (χ4n) is 14.5. The maximum atomic E-state index is 13.6. The van der Waals surface area contributed by atoms with Crippen molar-refractivity contribution in [2.75, 3.05) is 13.7 Å². The van der Waals surface area contributed by atoms with Gasteiger partial charge in [-0.25, -0.2) is 0 Å². The smallest absolute Gasteiger partial charge is 0.302 e. The maximum absolute atomic E-state index is 13.6. The standard InChI is InChI=1S/C55H86N2O8Si3/c1-36-54(65-66(13,14)15)47(32-43-41-29-28-38-30-45(57-59-12)44(56)33-52(38,10)42(41)31-46(53(43,54)11)61-37(2)58)62-55(36)48(63-67(16,17)49(3,4)5)34-51(9,64-55)35-60-68(50(6,7)8,39-24-20-18-21-25-39)40-26-22-19-23-27-40/h18-27,32,36,38,41-42,44,46-48H,28-31,33-35,56H2,1-17H3/b57-45+/t36-,38-,41+,42-,44+,46+,47-,48+,51-,52-,53+,54+,55-/m0/s1. The molecule has 2 N–H and O–H groups in total. The lowest BCUT2D eigenvalue weighted by Gasteiger charge is -2.63. The molecule has 2 aromatic carbocycles. The van der Waals surface area contributed by atoms with Gasteiger partial charge in [-0.05, 0) is 122 Å². The summed E-state index contributed by atoms with van der Waals surface area (Å²) >= 11 is 0. The van der Waals surface area contributed by atoms with Crippen molar-refractivity contribution >= 4 is 47.0 Å². The molecule has 1 spiro atoms. The molecule has 2 saturated heterocycles. The van der Waals surface area contributed by atoms with Crippen molar-refractivity contribution in [1.82, 2.24) is 0 Å². The predicted octanol–water partition coefficient (Wildman–Crippen LogP) is 10.5. The van der Waals surface area contributed by atoms with E-state index in [0.717, 1.165) is 31.4 Å². The Labute approximate surface area is 412 Å². The van der Waals surface area contributed by atoms with Crippen LogP contribution in [0.1, 0.15) is 115 Å². The first-order chi connectivity index (χ1) is 31.4. The third kappa shape index (κ3) is 8.06. The van der Waals surface area contributed by atoms with Crippen molar-refractivity contribution in [3.05, 3.63) is 72.3 Å². The summed E-state index contributed by atoms with van der Waals surface area (Å²) in [6.45, 7) is 36.6. The molecule has 8 rings (SSSR count). The van der Waals surface area contributed by atoms with E-state index in [2.05, 4.69) is 174 Å². The van der Waals surface area contributed by atoms with Crippen LogP contribution in [0.15, 0.2) is 77.5 Å². The molecular weight excluding hydrogens is 901 g/mol. The number of benzene rings is 2. The average molecular weight is 988 g/mol. The molecule has 0 bridgehead atoms. The van der Waals surface area contributed by atoms with Crippen molar-refractivity contribution in [2.45, 2.75) is 199 Å². The Balaban J connectivity index is 1.26. The zero-order chi connectivity index (χ0) is 49.9. The molecule has 13 atom stereocenters. The van der Waals surface area contributed by atoms with Gasteiger partial charge in [0.25, 0.3) is 8.32 Å². The van der Waals surface area contributed by atoms with Crippen LogP contribution in [0.25, 0.3) is 0 Å². The minimum atomic E-state index is -2.96. The number of oxime groups is 1. The van der Waals surface area contributed by atoms with Crippen molar-refractivity contribution in [3.63, 3.8) is 0 Å². The van der Waals surface area contributed by atoms with Crippen LogP contribution in [0.5, 0.6) is 0 Å². The van der Waals surface area contributed by atoms with Gasteiger partial charge in [0.15, 0.2) is 22.4 Å². The average Bonchev–Trinajstić information content (AvgIpc) is 3.74. The number of esters is 1. The van der Waals surface area contributed by atoms with E-state index < -0.39 is 65.7 Å². The van der Waals surface area contributed by atoms with Gasteiger partial charge in [-0.15, -0.1) is 0 Å². The third-order valence-electron chi connectivity index (χ3n) is 18.6. The number of carbonyl (C=O) groups excluding carboxylic acids is 1. The van der Waals surface area contributed by atoms with Gasteiger partial charge in [0, 0.05) is 25.3 Å². The Morgan fingerprint density at radius 3 is 2.00 bits per heavy atom. The molecule has 6 aliphatic rings. The number of carbonyl (C=O) groups is 1. The van der Waals surface area contributed by atoms with E-state index >= 15 is 0 Å². The van der Waals surface area contributed by atoms with Crippen LogP contribution in [-0.2, 0) is 37.1 Å². The summed E-state index contributed by atoms with van der Waals surface area (Å²) in [5.74, 6) is -0.939. The second-order valence-electron chi connectivity index (χ2n) is 26.0. The molecule has 2 heterocycles. The highest BCUT2D eigenvalue weighted by Gasteiger charge is 2.81. The summed E-state index contributed by atoms with van der Waals surface area (Å²) in [7, 11) is -6.20. The Bertz CT molecular complexity index is 2220. The van der Waals surface area contributed by atoms with Gasteiger partial charge in [-0.2, -0.15) is 0 Å². The molecule has 5 fully saturated rings. The molecule has 376 valence electrons. The van der Waals surface area contributed by atoms with Crippen LogP contribution in [0.2, 0.25) is 42.8 Å². The van der Waals surface area contributed by atoms with Gasteiger partial charge in [0.05, 0.1) is 23.3 Å². The second-order valence-corrected chi connectivity index (χ2v) is 39.5. The highest BCUT2D eigenvalue weighted by molar-refractivity contribution is 6.99. The number of fused-ring (bicyclic) bond motifs is 7. The van der Waals surface area contributed by atoms with Gasteiger partial charge in [-0.3, -0.25) is 4.79 Å². The van der Waals surface area contributed by atoms with Crippen LogP contribution < -0.4 is 16.1 Å². The largest absolute Gasteiger partial charge is 0.462 e. The molecule has 2 aliphatic heterocycles. The van der Waals surface area contributed by atoms with E-state index in [0.29, 0.717) is 25.4 Å². The van der Waals surface area contributed by atoms with Crippen LogP contribution in [0.3, 0.4) is 0 Å². The fraction of sp³-hybridized carbons (Fsp3) is 0.709. The Hall–Kier alpha value is -2.47. The van der Waals surface area contributed by atoms with Gasteiger partial charge in [-0.1, -0.05) is 133 Å². The number of nitrogens with two attached hydrogens (primary N) is 1. The van der Waals surface area contributed by atoms with Crippen LogP contribution >= 0.6 is 0 Å². The quantitative estimate of drug-likeness (QED) is 0.102. The topological polar surface area (TPSA) is 120 Å². The van der Waals surface area contributed by atoms with Crippen molar-refractivity contribution in [2.24, 2.45) is 45.4 Å². The van der Waals surface area contributed by atoms with Gasteiger partial charge in [0.1, 0.15) is 31.0 Å². The molecule has 10 nitrogen and oxygen atoms in total. The maximum Gasteiger partial charge on any atom is 0.302 e. The normalized spacial score (nSPS) is 39.0. The van der Waals surface area contributed by atoms with Crippen LogP contribution in [0, 0.1) is 34.5 Å². The van der Waals surface area contributed by atoms with E-state index in [1.54, 1.807) is 14.0 Å². The fourth-order valence-corrected chi connectivity index (χ4v) is 22.1. The third-order valence-corrected chi connectivity index (χ3v) is 29.0. The molecular formula is C55H86N2O8Si3. The summed E-state index contributed by atoms with van der Waals surface area (Å²) in [4.78, 5) is 18.8. The Morgan fingerprint density at radius 2 is 1.47 bits per heavy atom. The number of rotatable bonds is 11. The molecule has 0 unspecified atom stereocenters. The number of nitrogens with zero attached hydrogens (tertiary/aromatic N) is 1. The predicted molar refractivity (Wildman–Crippen MR) is 280 cm³/mol. The van der Waals surface area contributed by atoms with E-state index in [9.17, 15) is 4.79 Å². The van der Waals surface area contributed by atoms with Crippen molar-refractivity contribution < 1.29 is 37.1 Å². The lowest BCUT2D eigenvalue weighted by atomic mass is 9.44. The molecule has 0 aromatic heterocycles. The first kappa shape index (κ1) is 51.9. The summed E-state index contributed by atoms with van der Waals surface area (Å²) in [6, 6.07) is 21.5. The summed E-state index contributed by atoms with van der Waals surface area (Å²) in [5, 5.41) is 6.56.